The summed E-state index contributed by atoms with van der Waals surface area (Å²) in [5.41, 5.74) is -1.85. The van der Waals surface area contributed by atoms with Gasteiger partial charge in [0.05, 0.1) is 10.6 Å². The number of benzene rings is 3. The van der Waals surface area contributed by atoms with Crippen LogP contribution in [0.3, 0.4) is 0 Å². The van der Waals surface area contributed by atoms with E-state index in [0.717, 1.165) is 87.5 Å². The number of thioether (sulfide) groups is 1. The minimum atomic E-state index is -6.11. The molecule has 14 nitrogen and oxygen atoms in total. The number of amides is 3. The topological polar surface area (TPSA) is 169 Å². The SMILES string of the molecule is CCC(C)C1=C(CN2CCN(c3ccc(C(=O)NS(=O)(=O)c4ccc(NC(CCN5CCN(C(=O)CCCCCNC(C)=O)CC5)CSc5ccccc5)c(S(=O)(=O)C(F)(F)F)c4)cc3)CC2)CCC(C)(C)C1. The Morgan fingerprint density at radius 1 is 0.836 bits per heavy atom. The number of sulfonamides is 1. The Hall–Kier alpha value is -4.63. The lowest BCUT2D eigenvalue weighted by Crippen LogP contribution is -2.49. The molecule has 0 radical (unpaired) electrons. The maximum atomic E-state index is 14.4. The Balaban J connectivity index is 1.09. The molecule has 2 heterocycles. The molecule has 3 N–H and O–H groups in total. The normalized spacial score (nSPS) is 18.0. The zero-order valence-electron chi connectivity index (χ0n) is 42.9. The lowest BCUT2D eigenvalue weighted by Gasteiger charge is -2.40. The Morgan fingerprint density at radius 3 is 2.15 bits per heavy atom. The highest BCUT2D eigenvalue weighted by Crippen LogP contribution is 2.43. The van der Waals surface area contributed by atoms with Gasteiger partial charge in [0.25, 0.3) is 25.8 Å². The number of nitrogens with one attached hydrogen (secondary N) is 3. The predicted molar refractivity (Wildman–Crippen MR) is 283 cm³/mol. The van der Waals surface area contributed by atoms with Crippen molar-refractivity contribution in [2.75, 3.05) is 88.0 Å². The van der Waals surface area contributed by atoms with Crippen molar-refractivity contribution in [1.29, 1.82) is 0 Å². The van der Waals surface area contributed by atoms with Gasteiger partial charge in [0, 0.05) is 113 Å². The molecule has 3 aromatic rings. The second kappa shape index (κ2) is 25.7. The maximum absolute atomic E-state index is 14.4. The van der Waals surface area contributed by atoms with Crippen molar-refractivity contribution in [2.24, 2.45) is 11.3 Å². The summed E-state index contributed by atoms with van der Waals surface area (Å²) in [4.78, 5) is 44.8. The van der Waals surface area contributed by atoms with Crippen LogP contribution >= 0.6 is 11.8 Å². The molecule has 2 unspecified atom stereocenters. The number of piperazine rings is 2. The van der Waals surface area contributed by atoms with Crippen LogP contribution in [0.25, 0.3) is 0 Å². The smallest absolute Gasteiger partial charge is 0.380 e. The molecule has 2 atom stereocenters. The maximum Gasteiger partial charge on any atom is 0.501 e. The second-order valence-corrected chi connectivity index (χ2v) is 25.1. The molecule has 0 aromatic heterocycles. The van der Waals surface area contributed by atoms with E-state index in [4.69, 9.17) is 0 Å². The van der Waals surface area contributed by atoms with E-state index in [2.05, 4.69) is 53.0 Å². The number of hydrogen-bond donors (Lipinski definition) is 3. The number of carbonyl (C=O) groups excluding carboxylic acids is 3. The van der Waals surface area contributed by atoms with Crippen LogP contribution in [0.2, 0.25) is 0 Å². The van der Waals surface area contributed by atoms with Crippen LogP contribution in [0.5, 0.6) is 0 Å². The highest BCUT2D eigenvalue weighted by atomic mass is 32.2. The van der Waals surface area contributed by atoms with Crippen molar-refractivity contribution in [3.8, 4) is 0 Å². The largest absolute Gasteiger partial charge is 0.501 e. The number of nitrogens with zero attached hydrogens (tertiary/aromatic N) is 4. The van der Waals surface area contributed by atoms with Crippen molar-refractivity contribution in [2.45, 2.75) is 119 Å². The number of hydrogen-bond acceptors (Lipinski definition) is 12. The molecular formula is C53H74F3N7O7S3. The molecule has 2 aliphatic heterocycles. The van der Waals surface area contributed by atoms with Crippen molar-refractivity contribution in [1.82, 2.24) is 24.7 Å². The lowest BCUT2D eigenvalue weighted by atomic mass is 9.71. The number of unbranched alkanes of at least 4 members (excludes halogenated alkanes) is 2. The van der Waals surface area contributed by atoms with Gasteiger partial charge in [-0.1, -0.05) is 63.5 Å². The van der Waals surface area contributed by atoms with E-state index >= 15 is 0 Å². The summed E-state index contributed by atoms with van der Waals surface area (Å²) < 4.78 is 98.8. The monoisotopic (exact) mass is 1070 g/mol. The van der Waals surface area contributed by atoms with Gasteiger partial charge in [-0.05, 0) is 111 Å². The molecule has 3 amide bonds. The summed E-state index contributed by atoms with van der Waals surface area (Å²) in [6.07, 6.45) is 7.65. The van der Waals surface area contributed by atoms with Gasteiger partial charge in [0.2, 0.25) is 11.8 Å². The minimum Gasteiger partial charge on any atom is -0.380 e. The van der Waals surface area contributed by atoms with Crippen LogP contribution in [0.15, 0.2) is 98.6 Å². The summed E-state index contributed by atoms with van der Waals surface area (Å²) in [6, 6.07) is 17.6. The van der Waals surface area contributed by atoms with Crippen LogP contribution in [0.4, 0.5) is 24.5 Å². The van der Waals surface area contributed by atoms with Crippen LogP contribution < -0.4 is 20.3 Å². The average Bonchev–Trinajstić information content (AvgIpc) is 3.36. The zero-order chi connectivity index (χ0) is 53.0. The molecular weight excluding hydrogens is 1000 g/mol. The van der Waals surface area contributed by atoms with E-state index in [1.165, 1.54) is 37.2 Å². The molecule has 0 spiro atoms. The first-order chi connectivity index (χ1) is 34.5. The van der Waals surface area contributed by atoms with Gasteiger partial charge in [-0.15, -0.1) is 11.8 Å². The molecule has 0 bridgehead atoms. The Labute approximate surface area is 435 Å². The van der Waals surface area contributed by atoms with E-state index in [9.17, 15) is 44.4 Å². The Kier molecular flexibility index (Phi) is 20.3. The third-order valence-electron chi connectivity index (χ3n) is 14.3. The minimum absolute atomic E-state index is 0.00418. The molecule has 6 rings (SSSR count). The number of sulfone groups is 1. The molecule has 1 aliphatic carbocycles. The van der Waals surface area contributed by atoms with Crippen molar-refractivity contribution < 1.29 is 44.4 Å². The molecule has 3 aliphatic rings. The second-order valence-electron chi connectivity index (χ2n) is 20.4. The van der Waals surface area contributed by atoms with Crippen LogP contribution in [0.1, 0.15) is 103 Å². The first kappa shape index (κ1) is 57.6. The number of allylic oxidation sites excluding steroid dienone is 1. The molecule has 402 valence electrons. The fraction of sp³-hybridized carbons (Fsp3) is 0.566. The summed E-state index contributed by atoms with van der Waals surface area (Å²) in [7, 11) is -11.0. The number of anilines is 2. The van der Waals surface area contributed by atoms with Crippen LogP contribution in [0, 0.1) is 11.3 Å². The number of rotatable bonds is 23. The first-order valence-electron chi connectivity index (χ1n) is 25.5. The molecule has 3 aromatic carbocycles. The van der Waals surface area contributed by atoms with Gasteiger partial charge >= 0.3 is 5.51 Å². The van der Waals surface area contributed by atoms with Gasteiger partial charge in [0.1, 0.15) is 4.90 Å². The molecule has 0 saturated carbocycles. The fourth-order valence-corrected chi connectivity index (χ4v) is 12.7. The predicted octanol–water partition coefficient (Wildman–Crippen LogP) is 8.58. The highest BCUT2D eigenvalue weighted by molar-refractivity contribution is 7.99. The Morgan fingerprint density at radius 2 is 1.51 bits per heavy atom. The van der Waals surface area contributed by atoms with E-state index < -0.39 is 52.8 Å². The highest BCUT2D eigenvalue weighted by Gasteiger charge is 2.48. The Bertz CT molecular complexity index is 2600. The number of alkyl halides is 3. The molecule has 2 saturated heterocycles. The van der Waals surface area contributed by atoms with Crippen molar-refractivity contribution in [3.63, 3.8) is 0 Å². The van der Waals surface area contributed by atoms with E-state index in [-0.39, 0.29) is 17.4 Å². The number of carbonyl (C=O) groups is 3. The molecule has 73 heavy (non-hydrogen) atoms. The fourth-order valence-electron chi connectivity index (χ4n) is 9.65. The van der Waals surface area contributed by atoms with Gasteiger partial charge in [-0.3, -0.25) is 24.2 Å². The standard InChI is InChI=1S/C53H74F3N7O7S3/c1-6-39(2)47-36-52(4,5)24-22-42(47)37-61-29-31-62(32-30-61)44-18-16-41(17-19-44)51(66)59-73(69,70)46-20-21-48(49(35-46)72(67,68)53(54,55)56)58-43(38-71-45-13-9-7-10-14-45)23-26-60-27-33-63(34-28-60)50(65)15-11-8-12-25-57-40(3)64/h7,9-10,13-14,16-21,35,39,43,58H,6,8,11-12,15,22-34,36-38H2,1-5H3,(H,57,64)(H,59,66). The van der Waals surface area contributed by atoms with Gasteiger partial charge in [0.15, 0.2) is 0 Å². The summed E-state index contributed by atoms with van der Waals surface area (Å²) in [5.74, 6) is -0.183. The average molecular weight is 1070 g/mol. The van der Waals surface area contributed by atoms with Gasteiger partial charge < -0.3 is 20.4 Å². The number of halogens is 3. The molecule has 2 fully saturated rings. The lowest BCUT2D eigenvalue weighted by molar-refractivity contribution is -0.133. The van der Waals surface area contributed by atoms with Crippen LogP contribution in [-0.2, 0) is 29.4 Å². The van der Waals surface area contributed by atoms with E-state index in [1.807, 2.05) is 40.0 Å². The van der Waals surface area contributed by atoms with E-state index in [1.54, 1.807) is 23.3 Å². The first-order valence-corrected chi connectivity index (χ1v) is 29.5. The van der Waals surface area contributed by atoms with Gasteiger partial charge in [-0.25, -0.2) is 21.6 Å². The molecule has 20 heteroatoms. The quantitative estimate of drug-likeness (QED) is 0.0471. The van der Waals surface area contributed by atoms with Gasteiger partial charge in [-0.2, -0.15) is 13.2 Å². The summed E-state index contributed by atoms with van der Waals surface area (Å²) >= 11 is 1.42. The third-order valence-corrected chi connectivity index (χ3v) is 18.3. The third kappa shape index (κ3) is 16.4. The zero-order valence-corrected chi connectivity index (χ0v) is 45.4. The summed E-state index contributed by atoms with van der Waals surface area (Å²) in [6.45, 7) is 18.2. The van der Waals surface area contributed by atoms with E-state index in [0.29, 0.717) is 81.7 Å². The summed E-state index contributed by atoms with van der Waals surface area (Å²) in [5, 5.41) is 5.76. The van der Waals surface area contributed by atoms with Crippen LogP contribution in [-0.4, -0.2) is 139 Å². The van der Waals surface area contributed by atoms with Crippen molar-refractivity contribution in [3.05, 3.63) is 89.5 Å². The van der Waals surface area contributed by atoms with Crippen molar-refractivity contribution >= 4 is 60.7 Å².